The molecule has 0 radical (unpaired) electrons. The number of hydrogen-bond donors (Lipinski definition) is 0. The first-order chi connectivity index (χ1) is 10.7. The highest BCUT2D eigenvalue weighted by Gasteiger charge is 2.13. The highest BCUT2D eigenvalue weighted by molar-refractivity contribution is 7.10. The lowest BCUT2D eigenvalue weighted by Gasteiger charge is -2.17. The second kappa shape index (κ2) is 6.04. The van der Waals surface area contributed by atoms with E-state index in [0.29, 0.717) is 12.2 Å². The molecule has 110 valence electrons. The van der Waals surface area contributed by atoms with E-state index in [4.69, 9.17) is 9.47 Å². The largest absolute Gasteiger partial charge is 0.497 e. The van der Waals surface area contributed by atoms with Crippen LogP contribution in [0.25, 0.3) is 11.6 Å². The third-order valence-electron chi connectivity index (χ3n) is 3.26. The van der Waals surface area contributed by atoms with Gasteiger partial charge in [-0.05, 0) is 36.8 Å². The van der Waals surface area contributed by atoms with E-state index >= 15 is 0 Å². The molecule has 0 atom stereocenters. The zero-order valence-corrected chi connectivity index (χ0v) is 13.1. The monoisotopic (exact) mass is 310 g/mol. The van der Waals surface area contributed by atoms with E-state index < -0.39 is 0 Å². The summed E-state index contributed by atoms with van der Waals surface area (Å²) < 4.78 is 10.9. The van der Waals surface area contributed by atoms with E-state index in [2.05, 4.69) is 11.1 Å². The van der Waals surface area contributed by atoms with Crippen LogP contribution in [-0.2, 0) is 0 Å². The molecule has 0 bridgehead atoms. The average Bonchev–Trinajstić information content (AvgIpc) is 2.98. The summed E-state index contributed by atoms with van der Waals surface area (Å²) in [4.78, 5) is 4.36. The minimum Gasteiger partial charge on any atom is -0.497 e. The first-order valence-corrected chi connectivity index (χ1v) is 7.63. The van der Waals surface area contributed by atoms with Gasteiger partial charge in [0.2, 0.25) is 0 Å². The number of methoxy groups -OCH3 is 1. The summed E-state index contributed by atoms with van der Waals surface area (Å²) in [5.74, 6) is 1.56. The molecule has 0 spiro atoms. The third kappa shape index (κ3) is 2.87. The van der Waals surface area contributed by atoms with Crippen molar-refractivity contribution in [1.29, 1.82) is 5.26 Å². The van der Waals surface area contributed by atoms with Crippen molar-refractivity contribution in [3.05, 3.63) is 51.5 Å². The van der Waals surface area contributed by atoms with Gasteiger partial charge in [0, 0.05) is 22.7 Å². The minimum absolute atomic E-state index is 0.426. The Hall–Kier alpha value is -2.58. The van der Waals surface area contributed by atoms with Crippen LogP contribution in [0.3, 0.4) is 0 Å². The molecule has 0 saturated carbocycles. The molecule has 1 aliphatic rings. The SMILES string of the molecule is COc1ccc2c(c1)OCC(/C=C(/C#N)c1nc(C)cs1)=C2. The fourth-order valence-electron chi connectivity index (χ4n) is 2.18. The minimum atomic E-state index is 0.426. The lowest BCUT2D eigenvalue weighted by Crippen LogP contribution is -2.06. The van der Waals surface area contributed by atoms with Crippen LogP contribution in [0.5, 0.6) is 11.5 Å². The number of thiazole rings is 1. The number of nitrogens with zero attached hydrogens (tertiary/aromatic N) is 2. The standard InChI is InChI=1S/C17H14N2O2S/c1-11-10-22-17(19-11)14(8-18)6-12-5-13-3-4-15(20-2)7-16(13)21-9-12/h3-7,10H,9H2,1-2H3/b14-6-. The first-order valence-electron chi connectivity index (χ1n) is 6.75. The van der Waals surface area contributed by atoms with Gasteiger partial charge in [-0.3, -0.25) is 0 Å². The molecule has 0 fully saturated rings. The van der Waals surface area contributed by atoms with Gasteiger partial charge in [0.25, 0.3) is 0 Å². The van der Waals surface area contributed by atoms with E-state index in [1.165, 1.54) is 11.3 Å². The maximum Gasteiger partial charge on any atom is 0.134 e. The maximum absolute atomic E-state index is 9.35. The van der Waals surface area contributed by atoms with Gasteiger partial charge >= 0.3 is 0 Å². The Morgan fingerprint density at radius 3 is 3.05 bits per heavy atom. The van der Waals surface area contributed by atoms with Crippen LogP contribution in [0.4, 0.5) is 0 Å². The third-order valence-corrected chi connectivity index (χ3v) is 4.25. The highest BCUT2D eigenvalue weighted by Crippen LogP contribution is 2.31. The molecule has 0 aliphatic carbocycles. The molecule has 2 aromatic rings. The highest BCUT2D eigenvalue weighted by atomic mass is 32.1. The van der Waals surface area contributed by atoms with Gasteiger partial charge in [-0.25, -0.2) is 4.98 Å². The molecule has 22 heavy (non-hydrogen) atoms. The van der Waals surface area contributed by atoms with Crippen molar-refractivity contribution in [3.63, 3.8) is 0 Å². The Bertz CT molecular complexity index is 812. The number of fused-ring (bicyclic) bond motifs is 1. The number of ether oxygens (including phenoxy) is 2. The van der Waals surface area contributed by atoms with E-state index in [9.17, 15) is 5.26 Å². The number of allylic oxidation sites excluding steroid dienone is 1. The van der Waals surface area contributed by atoms with Crippen molar-refractivity contribution < 1.29 is 9.47 Å². The molecule has 0 unspecified atom stereocenters. The topological polar surface area (TPSA) is 55.1 Å². The van der Waals surface area contributed by atoms with Crippen LogP contribution in [0.2, 0.25) is 0 Å². The van der Waals surface area contributed by atoms with Crippen LogP contribution in [0.15, 0.2) is 35.2 Å². The van der Waals surface area contributed by atoms with E-state index in [-0.39, 0.29) is 0 Å². The Morgan fingerprint density at radius 2 is 2.36 bits per heavy atom. The molecule has 3 rings (SSSR count). The van der Waals surface area contributed by atoms with Gasteiger partial charge < -0.3 is 9.47 Å². The van der Waals surface area contributed by atoms with E-state index in [1.54, 1.807) is 7.11 Å². The van der Waals surface area contributed by atoms with Gasteiger partial charge in [-0.2, -0.15) is 5.26 Å². The van der Waals surface area contributed by atoms with Gasteiger partial charge in [0.15, 0.2) is 0 Å². The van der Waals surface area contributed by atoms with Crippen LogP contribution in [-0.4, -0.2) is 18.7 Å². The molecule has 4 nitrogen and oxygen atoms in total. The van der Waals surface area contributed by atoms with Crippen LogP contribution in [0, 0.1) is 18.3 Å². The summed E-state index contributed by atoms with van der Waals surface area (Å²) in [5, 5.41) is 12.0. The molecule has 1 aromatic heterocycles. The van der Waals surface area contributed by atoms with Crippen molar-refractivity contribution >= 4 is 23.0 Å². The summed E-state index contributed by atoms with van der Waals surface area (Å²) in [6.07, 6.45) is 3.86. The lowest BCUT2D eigenvalue weighted by molar-refractivity contribution is 0.346. The van der Waals surface area contributed by atoms with Crippen LogP contribution < -0.4 is 9.47 Å². The normalized spacial score (nSPS) is 13.7. The summed E-state index contributed by atoms with van der Waals surface area (Å²) in [6, 6.07) is 7.91. The van der Waals surface area contributed by atoms with E-state index in [1.807, 2.05) is 42.7 Å². The Balaban J connectivity index is 1.93. The predicted molar refractivity (Wildman–Crippen MR) is 86.9 cm³/mol. The predicted octanol–water partition coefficient (Wildman–Crippen LogP) is 3.84. The second-order valence-electron chi connectivity index (χ2n) is 4.88. The number of nitriles is 1. The lowest BCUT2D eigenvalue weighted by atomic mass is 10.1. The van der Waals surface area contributed by atoms with Crippen molar-refractivity contribution in [3.8, 4) is 17.6 Å². The maximum atomic E-state index is 9.35. The fourth-order valence-corrected chi connectivity index (χ4v) is 2.94. The van der Waals surface area contributed by atoms with Gasteiger partial charge in [0.1, 0.15) is 29.2 Å². The summed E-state index contributed by atoms with van der Waals surface area (Å²) in [6.45, 7) is 2.34. The average molecular weight is 310 g/mol. The molecular weight excluding hydrogens is 296 g/mol. The van der Waals surface area contributed by atoms with Gasteiger partial charge in [0.05, 0.1) is 12.7 Å². The number of hydrogen-bond acceptors (Lipinski definition) is 5. The van der Waals surface area contributed by atoms with Crippen molar-refractivity contribution in [2.75, 3.05) is 13.7 Å². The van der Waals surface area contributed by atoms with Crippen molar-refractivity contribution in [1.82, 2.24) is 4.98 Å². The molecule has 1 aromatic carbocycles. The fraction of sp³-hybridized carbons (Fsp3) is 0.176. The van der Waals surface area contributed by atoms with Crippen molar-refractivity contribution in [2.45, 2.75) is 6.92 Å². The quantitative estimate of drug-likeness (QED) is 0.808. The molecule has 5 heteroatoms. The van der Waals surface area contributed by atoms with E-state index in [0.717, 1.165) is 33.3 Å². The van der Waals surface area contributed by atoms with Crippen LogP contribution in [0.1, 0.15) is 16.3 Å². The Kier molecular flexibility index (Phi) is 3.94. The summed E-state index contributed by atoms with van der Waals surface area (Å²) in [5.41, 5.74) is 3.41. The second-order valence-corrected chi connectivity index (χ2v) is 5.73. The first kappa shape index (κ1) is 14.4. The zero-order chi connectivity index (χ0) is 15.5. The Morgan fingerprint density at radius 1 is 1.50 bits per heavy atom. The number of aryl methyl sites for hydroxylation is 1. The molecule has 0 N–H and O–H groups in total. The molecule has 2 heterocycles. The summed E-state index contributed by atoms with van der Waals surface area (Å²) in [7, 11) is 1.63. The number of rotatable bonds is 3. The van der Waals surface area contributed by atoms with Gasteiger partial charge in [-0.1, -0.05) is 0 Å². The molecular formula is C17H14N2O2S. The van der Waals surface area contributed by atoms with Crippen molar-refractivity contribution in [2.24, 2.45) is 0 Å². The zero-order valence-electron chi connectivity index (χ0n) is 12.3. The molecule has 1 aliphatic heterocycles. The van der Waals surface area contributed by atoms with Crippen LogP contribution >= 0.6 is 11.3 Å². The smallest absolute Gasteiger partial charge is 0.134 e. The number of aromatic nitrogens is 1. The Labute approximate surface area is 133 Å². The van der Waals surface area contributed by atoms with Gasteiger partial charge in [-0.15, -0.1) is 11.3 Å². The molecule has 0 amide bonds. The summed E-state index contributed by atoms with van der Waals surface area (Å²) >= 11 is 1.47. The number of benzene rings is 1. The molecule has 0 saturated heterocycles.